The Morgan fingerprint density at radius 3 is 2.52 bits per heavy atom. The number of hydrogen-bond donors (Lipinski definition) is 2. The number of hydrogen-bond acceptors (Lipinski definition) is 7. The molecular weight excluding hydrogens is 361 g/mol. The second-order valence-corrected chi connectivity index (χ2v) is 5.99. The summed E-state index contributed by atoms with van der Waals surface area (Å²) in [5.74, 6) is -4.98. The first-order chi connectivity index (χ1) is 12.7. The zero-order valence-corrected chi connectivity index (χ0v) is 14.2. The molecule has 1 fully saturated rings. The molecule has 140 valence electrons. The molecule has 0 saturated carbocycles. The Morgan fingerprint density at radius 2 is 1.93 bits per heavy atom. The van der Waals surface area contributed by atoms with Gasteiger partial charge in [0.25, 0.3) is 5.79 Å². The van der Waals surface area contributed by atoms with E-state index in [1.165, 1.54) is 36.9 Å². The van der Waals surface area contributed by atoms with Crippen molar-refractivity contribution < 1.29 is 33.4 Å². The number of aromatic carboxylic acids is 1. The molecule has 9 nitrogen and oxygen atoms in total. The van der Waals surface area contributed by atoms with Gasteiger partial charge in [0.05, 0.1) is 11.4 Å². The number of carbonyl (C=O) groups is 3. The lowest BCUT2D eigenvalue weighted by molar-refractivity contribution is -0.222. The third kappa shape index (κ3) is 3.78. The van der Waals surface area contributed by atoms with E-state index in [0.29, 0.717) is 5.69 Å². The van der Waals surface area contributed by atoms with Crippen LogP contribution < -0.4 is 5.32 Å². The zero-order chi connectivity index (χ0) is 19.8. The van der Waals surface area contributed by atoms with Crippen LogP contribution in [0.15, 0.2) is 42.2 Å². The van der Waals surface area contributed by atoms with Gasteiger partial charge in [-0.05, 0) is 24.3 Å². The van der Waals surface area contributed by atoms with E-state index in [1.807, 2.05) is 0 Å². The molecule has 0 atom stereocenters. The van der Waals surface area contributed by atoms with Gasteiger partial charge in [-0.2, -0.15) is 5.10 Å². The summed E-state index contributed by atoms with van der Waals surface area (Å²) in [6.07, 6.45) is 2.40. The van der Waals surface area contributed by atoms with Crippen LogP contribution in [0.5, 0.6) is 0 Å². The Morgan fingerprint density at radius 1 is 1.26 bits per heavy atom. The van der Waals surface area contributed by atoms with Crippen LogP contribution in [-0.4, -0.2) is 38.6 Å². The molecular formula is C17H14FN3O6. The highest BCUT2D eigenvalue weighted by Crippen LogP contribution is 2.25. The van der Waals surface area contributed by atoms with Crippen molar-refractivity contribution in [2.24, 2.45) is 0 Å². The Bertz CT molecular complexity index is 957. The summed E-state index contributed by atoms with van der Waals surface area (Å²) >= 11 is 0. The fraction of sp³-hybridized carbons (Fsp3) is 0.176. The number of halogens is 1. The predicted octanol–water partition coefficient (Wildman–Crippen LogP) is 1.84. The third-order valence-corrected chi connectivity index (χ3v) is 3.50. The Hall–Kier alpha value is -3.69. The molecule has 0 spiro atoms. The minimum Gasteiger partial charge on any atom is -0.476 e. The van der Waals surface area contributed by atoms with Crippen LogP contribution >= 0.6 is 0 Å². The van der Waals surface area contributed by atoms with Crippen LogP contribution in [0.4, 0.5) is 10.1 Å². The maximum Gasteiger partial charge on any atom is 0.356 e. The van der Waals surface area contributed by atoms with E-state index in [9.17, 15) is 18.8 Å². The molecule has 10 heteroatoms. The zero-order valence-electron chi connectivity index (χ0n) is 14.2. The molecule has 2 N–H and O–H groups in total. The number of nitrogens with zero attached hydrogens (tertiary/aromatic N) is 2. The molecule has 2 heterocycles. The quantitative estimate of drug-likeness (QED) is 0.472. The standard InChI is InChI=1S/C17H14FN3O6/c1-17(2)26-15(24)10(16(25)27-17)8-19-12-7-9(18)3-4-13(12)21-6-5-11(20-21)14(22)23/h3-8,19H,1-2H3,(H,22,23). The maximum atomic E-state index is 13.6. The average Bonchev–Trinajstić information content (AvgIpc) is 3.03. The van der Waals surface area contributed by atoms with Gasteiger partial charge >= 0.3 is 17.9 Å². The molecule has 1 saturated heterocycles. The molecule has 0 aliphatic carbocycles. The molecule has 0 unspecified atom stereocenters. The van der Waals surface area contributed by atoms with Crippen molar-refractivity contribution in [2.45, 2.75) is 19.6 Å². The van der Waals surface area contributed by atoms with Crippen molar-refractivity contribution in [3.8, 4) is 5.69 Å². The number of carboxylic acids is 1. The minimum absolute atomic E-state index is 0.132. The first-order valence-corrected chi connectivity index (χ1v) is 7.68. The molecule has 0 amide bonds. The lowest BCUT2D eigenvalue weighted by atomic mass is 10.2. The molecule has 0 bridgehead atoms. The molecule has 1 aliphatic heterocycles. The molecule has 1 aromatic heterocycles. The van der Waals surface area contributed by atoms with Gasteiger partial charge in [0.1, 0.15) is 5.82 Å². The smallest absolute Gasteiger partial charge is 0.356 e. The van der Waals surface area contributed by atoms with Crippen molar-refractivity contribution in [1.82, 2.24) is 9.78 Å². The van der Waals surface area contributed by atoms with E-state index in [1.54, 1.807) is 0 Å². The van der Waals surface area contributed by atoms with Crippen molar-refractivity contribution in [1.29, 1.82) is 0 Å². The highest BCUT2D eigenvalue weighted by Gasteiger charge is 2.39. The number of ether oxygens (including phenoxy) is 2. The second kappa shape index (κ2) is 6.56. The number of carbonyl (C=O) groups excluding carboxylic acids is 2. The Kier molecular flexibility index (Phi) is 4.40. The van der Waals surface area contributed by atoms with Gasteiger partial charge in [0.15, 0.2) is 11.3 Å². The molecule has 1 aliphatic rings. The van der Waals surface area contributed by atoms with Gasteiger partial charge in [-0.1, -0.05) is 0 Å². The summed E-state index contributed by atoms with van der Waals surface area (Å²) in [4.78, 5) is 34.9. The van der Waals surface area contributed by atoms with Crippen molar-refractivity contribution in [3.63, 3.8) is 0 Å². The summed E-state index contributed by atoms with van der Waals surface area (Å²) in [5, 5.41) is 15.5. The first kappa shape index (κ1) is 18.1. The van der Waals surface area contributed by atoms with Gasteiger partial charge in [0.2, 0.25) is 0 Å². The summed E-state index contributed by atoms with van der Waals surface area (Å²) in [7, 11) is 0. The summed E-state index contributed by atoms with van der Waals surface area (Å²) in [6.45, 7) is 2.82. The lowest BCUT2D eigenvalue weighted by Crippen LogP contribution is -2.42. The van der Waals surface area contributed by atoms with Crippen molar-refractivity contribution in [3.05, 3.63) is 53.7 Å². The Balaban J connectivity index is 1.93. The highest BCUT2D eigenvalue weighted by atomic mass is 19.1. The monoisotopic (exact) mass is 375 g/mol. The minimum atomic E-state index is -1.38. The number of esters is 2. The van der Waals surface area contributed by atoms with E-state index in [-0.39, 0.29) is 11.4 Å². The number of benzene rings is 1. The molecule has 2 aromatic rings. The van der Waals surface area contributed by atoms with Gasteiger partial charge in [0, 0.05) is 26.2 Å². The number of rotatable bonds is 4. The lowest BCUT2D eigenvalue weighted by Gasteiger charge is -2.29. The van der Waals surface area contributed by atoms with Crippen LogP contribution in [0.25, 0.3) is 5.69 Å². The van der Waals surface area contributed by atoms with E-state index in [0.717, 1.165) is 18.3 Å². The van der Waals surface area contributed by atoms with Crippen molar-refractivity contribution >= 4 is 23.6 Å². The molecule has 1 aromatic carbocycles. The van der Waals surface area contributed by atoms with E-state index in [4.69, 9.17) is 14.6 Å². The maximum absolute atomic E-state index is 13.6. The molecule has 27 heavy (non-hydrogen) atoms. The summed E-state index contributed by atoms with van der Waals surface area (Å²) in [6, 6.07) is 4.88. The van der Waals surface area contributed by atoms with Gasteiger partial charge < -0.3 is 19.9 Å². The number of cyclic esters (lactones) is 2. The number of aromatic nitrogens is 2. The van der Waals surface area contributed by atoms with Gasteiger partial charge in [-0.3, -0.25) is 0 Å². The molecule has 0 radical (unpaired) electrons. The number of anilines is 1. The van der Waals surface area contributed by atoms with Crippen LogP contribution in [0.1, 0.15) is 24.3 Å². The van der Waals surface area contributed by atoms with Crippen molar-refractivity contribution in [2.75, 3.05) is 5.32 Å². The summed E-state index contributed by atoms with van der Waals surface area (Å²) < 4.78 is 24.8. The predicted molar refractivity (Wildman–Crippen MR) is 88.5 cm³/mol. The van der Waals surface area contributed by atoms with E-state index >= 15 is 0 Å². The summed E-state index contributed by atoms with van der Waals surface area (Å²) in [5.41, 5.74) is -0.187. The molecule has 3 rings (SSSR count). The fourth-order valence-corrected chi connectivity index (χ4v) is 2.32. The topological polar surface area (TPSA) is 120 Å². The van der Waals surface area contributed by atoms with E-state index in [2.05, 4.69) is 10.4 Å². The van der Waals surface area contributed by atoms with Crippen LogP contribution in [0.2, 0.25) is 0 Å². The van der Waals surface area contributed by atoms with Gasteiger partial charge in [-0.25, -0.2) is 23.5 Å². The fourth-order valence-electron chi connectivity index (χ4n) is 2.32. The second-order valence-electron chi connectivity index (χ2n) is 5.99. The average molecular weight is 375 g/mol. The Labute approximate surface area is 152 Å². The number of carboxylic acid groups (broad SMARTS) is 1. The first-order valence-electron chi connectivity index (χ1n) is 7.68. The normalized spacial score (nSPS) is 15.7. The van der Waals surface area contributed by atoms with Gasteiger partial charge in [-0.15, -0.1) is 0 Å². The van der Waals surface area contributed by atoms with Crippen LogP contribution in [-0.2, 0) is 19.1 Å². The number of nitrogens with one attached hydrogen (secondary N) is 1. The third-order valence-electron chi connectivity index (χ3n) is 3.50. The largest absolute Gasteiger partial charge is 0.476 e. The SMILES string of the molecule is CC1(C)OC(=O)C(=CNc2cc(F)ccc2-n2ccc(C(=O)O)n2)C(=O)O1. The van der Waals surface area contributed by atoms with Crippen LogP contribution in [0, 0.1) is 5.82 Å². The highest BCUT2D eigenvalue weighted by molar-refractivity contribution is 6.15. The van der Waals surface area contributed by atoms with Crippen LogP contribution in [0.3, 0.4) is 0 Å². The van der Waals surface area contributed by atoms with E-state index < -0.39 is 35.1 Å².